The van der Waals surface area contributed by atoms with Gasteiger partial charge in [-0.05, 0) is 18.2 Å². The molecule has 18 heavy (non-hydrogen) atoms. The first kappa shape index (κ1) is 13.9. The Hall–Kier alpha value is -0.530. The van der Waals surface area contributed by atoms with Gasteiger partial charge in [0.2, 0.25) is 0 Å². The van der Waals surface area contributed by atoms with E-state index in [1.807, 2.05) is 23.1 Å². The first-order valence-corrected chi connectivity index (χ1v) is 7.33. The molecule has 2 rings (SSSR count). The Bertz CT molecular complexity index is 512. The Morgan fingerprint density at radius 3 is 2.61 bits per heavy atom. The molecule has 0 bridgehead atoms. The summed E-state index contributed by atoms with van der Waals surface area (Å²) < 4.78 is 2.18. The summed E-state index contributed by atoms with van der Waals surface area (Å²) in [7, 11) is 0. The summed E-state index contributed by atoms with van der Waals surface area (Å²) in [5, 5.41) is 18.9. The van der Waals surface area contributed by atoms with Crippen LogP contribution in [0.4, 0.5) is 0 Å². The lowest BCUT2D eigenvalue weighted by Gasteiger charge is -2.18. The van der Waals surface area contributed by atoms with Crippen LogP contribution in [0.15, 0.2) is 22.7 Å². The smallest absolute Gasteiger partial charge is 0.108 e. The Morgan fingerprint density at radius 2 is 1.94 bits per heavy atom. The average Bonchev–Trinajstić information content (AvgIpc) is 2.71. The normalized spacial score (nSPS) is 11.6. The van der Waals surface area contributed by atoms with Gasteiger partial charge in [-0.15, -0.1) is 11.3 Å². The third kappa shape index (κ3) is 3.49. The zero-order valence-corrected chi connectivity index (χ0v) is 12.2. The SMILES string of the molecule is OCCN(CCO)Cc1nc2cc(Br)ccc2s1. The van der Waals surface area contributed by atoms with Crippen molar-refractivity contribution in [3.05, 3.63) is 27.7 Å². The predicted octanol–water partition coefficient (Wildman–Crippen LogP) is 1.85. The van der Waals surface area contributed by atoms with Crippen LogP contribution in [0.25, 0.3) is 10.2 Å². The summed E-state index contributed by atoms with van der Waals surface area (Å²) in [4.78, 5) is 6.55. The number of rotatable bonds is 6. The highest BCUT2D eigenvalue weighted by Crippen LogP contribution is 2.25. The van der Waals surface area contributed by atoms with Gasteiger partial charge in [0, 0.05) is 17.6 Å². The Kier molecular flexibility index (Phi) is 5.08. The van der Waals surface area contributed by atoms with Crippen molar-refractivity contribution >= 4 is 37.5 Å². The van der Waals surface area contributed by atoms with Crippen LogP contribution in [0.3, 0.4) is 0 Å². The van der Waals surface area contributed by atoms with E-state index in [1.54, 1.807) is 11.3 Å². The van der Waals surface area contributed by atoms with E-state index in [0.29, 0.717) is 19.6 Å². The van der Waals surface area contributed by atoms with E-state index in [0.717, 1.165) is 19.7 Å². The van der Waals surface area contributed by atoms with E-state index in [-0.39, 0.29) is 13.2 Å². The van der Waals surface area contributed by atoms with Gasteiger partial charge in [-0.3, -0.25) is 4.90 Å². The van der Waals surface area contributed by atoms with Gasteiger partial charge in [0.1, 0.15) is 5.01 Å². The van der Waals surface area contributed by atoms with Crippen molar-refractivity contribution in [3.8, 4) is 0 Å². The standard InChI is InChI=1S/C12H15BrN2O2S/c13-9-1-2-11-10(7-9)14-12(18-11)8-15(3-5-16)4-6-17/h1-2,7,16-17H,3-6,8H2. The molecule has 2 aromatic rings. The van der Waals surface area contributed by atoms with Crippen molar-refractivity contribution in [2.45, 2.75) is 6.54 Å². The first-order chi connectivity index (χ1) is 8.72. The number of benzene rings is 1. The Balaban J connectivity index is 2.14. The zero-order valence-electron chi connectivity index (χ0n) is 9.84. The second kappa shape index (κ2) is 6.58. The molecule has 0 aliphatic heterocycles. The largest absolute Gasteiger partial charge is 0.395 e. The van der Waals surface area contributed by atoms with Gasteiger partial charge >= 0.3 is 0 Å². The van der Waals surface area contributed by atoms with Gasteiger partial charge in [-0.2, -0.15) is 0 Å². The quantitative estimate of drug-likeness (QED) is 0.848. The molecule has 2 N–H and O–H groups in total. The third-order valence-electron chi connectivity index (χ3n) is 2.59. The van der Waals surface area contributed by atoms with Crippen LogP contribution in [0, 0.1) is 0 Å². The predicted molar refractivity (Wildman–Crippen MR) is 76.8 cm³/mol. The lowest BCUT2D eigenvalue weighted by Crippen LogP contribution is -2.29. The maximum Gasteiger partial charge on any atom is 0.108 e. The minimum absolute atomic E-state index is 0.0937. The van der Waals surface area contributed by atoms with Crippen LogP contribution in [-0.4, -0.2) is 46.4 Å². The van der Waals surface area contributed by atoms with E-state index < -0.39 is 0 Å². The van der Waals surface area contributed by atoms with Gasteiger partial charge in [0.05, 0.1) is 30.0 Å². The molecule has 0 aliphatic rings. The minimum Gasteiger partial charge on any atom is -0.395 e. The van der Waals surface area contributed by atoms with Crippen molar-refractivity contribution in [2.75, 3.05) is 26.3 Å². The highest BCUT2D eigenvalue weighted by Gasteiger charge is 2.09. The number of fused-ring (bicyclic) bond motifs is 1. The second-order valence-electron chi connectivity index (χ2n) is 3.94. The number of thiazole rings is 1. The van der Waals surface area contributed by atoms with Crippen LogP contribution in [0.2, 0.25) is 0 Å². The fraction of sp³-hybridized carbons (Fsp3) is 0.417. The molecule has 0 radical (unpaired) electrons. The molecule has 0 unspecified atom stereocenters. The number of nitrogens with zero attached hydrogens (tertiary/aromatic N) is 2. The maximum atomic E-state index is 8.97. The molecular formula is C12H15BrN2O2S. The summed E-state index contributed by atoms with van der Waals surface area (Å²) in [6.45, 7) is 1.96. The summed E-state index contributed by atoms with van der Waals surface area (Å²) in [6, 6.07) is 6.05. The maximum absolute atomic E-state index is 8.97. The molecule has 0 aliphatic carbocycles. The fourth-order valence-electron chi connectivity index (χ4n) is 1.76. The monoisotopic (exact) mass is 330 g/mol. The summed E-state index contributed by atoms with van der Waals surface area (Å²) in [6.07, 6.45) is 0. The summed E-state index contributed by atoms with van der Waals surface area (Å²) >= 11 is 5.08. The molecule has 0 spiro atoms. The topological polar surface area (TPSA) is 56.6 Å². The van der Waals surface area contributed by atoms with Crippen molar-refractivity contribution in [3.63, 3.8) is 0 Å². The van der Waals surface area contributed by atoms with Crippen LogP contribution in [0.5, 0.6) is 0 Å². The summed E-state index contributed by atoms with van der Waals surface area (Å²) in [5.41, 5.74) is 0.984. The van der Waals surface area contributed by atoms with Crippen LogP contribution in [-0.2, 0) is 6.54 Å². The Labute approximate surface area is 118 Å². The fourth-order valence-corrected chi connectivity index (χ4v) is 3.10. The molecule has 6 heteroatoms. The van der Waals surface area contributed by atoms with Gasteiger partial charge in [-0.1, -0.05) is 15.9 Å². The average molecular weight is 331 g/mol. The van der Waals surface area contributed by atoms with E-state index >= 15 is 0 Å². The number of aliphatic hydroxyl groups is 2. The highest BCUT2D eigenvalue weighted by molar-refractivity contribution is 9.10. The lowest BCUT2D eigenvalue weighted by atomic mass is 10.3. The molecule has 0 saturated carbocycles. The van der Waals surface area contributed by atoms with Gasteiger partial charge in [-0.25, -0.2) is 4.98 Å². The van der Waals surface area contributed by atoms with Gasteiger partial charge < -0.3 is 10.2 Å². The number of aliphatic hydroxyl groups excluding tert-OH is 2. The Morgan fingerprint density at radius 1 is 1.22 bits per heavy atom. The molecule has 1 aromatic carbocycles. The molecule has 0 fully saturated rings. The molecule has 0 saturated heterocycles. The molecular weight excluding hydrogens is 316 g/mol. The lowest BCUT2D eigenvalue weighted by molar-refractivity contribution is 0.156. The number of aromatic nitrogens is 1. The minimum atomic E-state index is 0.0937. The van der Waals surface area contributed by atoms with Crippen molar-refractivity contribution in [1.29, 1.82) is 0 Å². The number of halogens is 1. The molecule has 0 atom stereocenters. The number of hydrogen-bond acceptors (Lipinski definition) is 5. The third-order valence-corrected chi connectivity index (χ3v) is 4.10. The molecule has 4 nitrogen and oxygen atoms in total. The molecule has 98 valence electrons. The van der Waals surface area contributed by atoms with Crippen LogP contribution in [0.1, 0.15) is 5.01 Å². The van der Waals surface area contributed by atoms with E-state index in [1.165, 1.54) is 0 Å². The first-order valence-electron chi connectivity index (χ1n) is 5.72. The van der Waals surface area contributed by atoms with Gasteiger partial charge in [0.15, 0.2) is 0 Å². The van der Waals surface area contributed by atoms with Crippen molar-refractivity contribution in [2.24, 2.45) is 0 Å². The number of hydrogen-bond donors (Lipinski definition) is 2. The van der Waals surface area contributed by atoms with Crippen molar-refractivity contribution < 1.29 is 10.2 Å². The summed E-state index contributed by atoms with van der Waals surface area (Å²) in [5.74, 6) is 0. The zero-order chi connectivity index (χ0) is 13.0. The molecule has 1 aromatic heterocycles. The van der Waals surface area contributed by atoms with E-state index in [4.69, 9.17) is 10.2 Å². The van der Waals surface area contributed by atoms with E-state index in [2.05, 4.69) is 20.9 Å². The molecule has 0 amide bonds. The molecule has 1 heterocycles. The van der Waals surface area contributed by atoms with Crippen LogP contribution < -0.4 is 0 Å². The second-order valence-corrected chi connectivity index (χ2v) is 5.97. The van der Waals surface area contributed by atoms with Gasteiger partial charge in [0.25, 0.3) is 0 Å². The van der Waals surface area contributed by atoms with E-state index in [9.17, 15) is 0 Å². The van der Waals surface area contributed by atoms with Crippen molar-refractivity contribution in [1.82, 2.24) is 9.88 Å². The van der Waals surface area contributed by atoms with Crippen LogP contribution >= 0.6 is 27.3 Å². The highest BCUT2D eigenvalue weighted by atomic mass is 79.9.